The van der Waals surface area contributed by atoms with E-state index in [0.29, 0.717) is 24.6 Å². The van der Waals surface area contributed by atoms with Crippen molar-refractivity contribution < 1.29 is 9.90 Å². The predicted octanol–water partition coefficient (Wildman–Crippen LogP) is 2.56. The van der Waals surface area contributed by atoms with Crippen LogP contribution in [-0.2, 0) is 11.3 Å². The van der Waals surface area contributed by atoms with E-state index in [0.717, 1.165) is 18.7 Å². The number of nitrogens with zero attached hydrogens (tertiary/aromatic N) is 2. The molecule has 0 unspecified atom stereocenters. The Hall–Kier alpha value is -1.92. The topological polar surface area (TPSA) is 74.6 Å². The molecule has 6 nitrogen and oxygen atoms in total. The van der Waals surface area contributed by atoms with Crippen LogP contribution >= 0.6 is 0 Å². The fraction of sp³-hybridized carbons (Fsp3) is 0.667. The number of nitrogens with one attached hydrogen (secondary N) is 1. The molecular formula is C24H35N3O3. The lowest BCUT2D eigenvalue weighted by molar-refractivity contribution is -0.128. The zero-order valence-electron chi connectivity index (χ0n) is 18.2. The van der Waals surface area contributed by atoms with E-state index >= 15 is 0 Å². The molecule has 4 rings (SSSR count). The van der Waals surface area contributed by atoms with Gasteiger partial charge in [-0.15, -0.1) is 0 Å². The average molecular weight is 414 g/mol. The number of fused-ring (bicyclic) bond motifs is 3. The summed E-state index contributed by atoms with van der Waals surface area (Å²) in [6.45, 7) is 6.03. The molecule has 30 heavy (non-hydrogen) atoms. The largest absolute Gasteiger partial charge is 0.396 e. The van der Waals surface area contributed by atoms with Crippen LogP contribution in [0.3, 0.4) is 0 Å². The molecule has 0 radical (unpaired) electrons. The predicted molar refractivity (Wildman–Crippen MR) is 118 cm³/mol. The normalized spacial score (nSPS) is 28.9. The minimum absolute atomic E-state index is 0.0208. The van der Waals surface area contributed by atoms with E-state index in [4.69, 9.17) is 0 Å². The van der Waals surface area contributed by atoms with Crippen molar-refractivity contribution in [1.82, 2.24) is 14.8 Å². The molecule has 1 saturated carbocycles. The highest BCUT2D eigenvalue weighted by molar-refractivity contribution is 5.82. The number of aliphatic hydroxyl groups excluding tert-OH is 1. The first-order valence-corrected chi connectivity index (χ1v) is 11.6. The first-order valence-electron chi connectivity index (χ1n) is 11.6. The van der Waals surface area contributed by atoms with Crippen LogP contribution in [0.4, 0.5) is 0 Å². The Balaban J connectivity index is 1.72. The number of allylic oxidation sites excluding steroid dienone is 1. The quantitative estimate of drug-likeness (QED) is 0.721. The average Bonchev–Trinajstić information content (AvgIpc) is 3.44. The number of carbonyl (C=O) groups excluding carboxylic acids is 1. The fourth-order valence-electron chi connectivity index (χ4n) is 5.98. The Kier molecular flexibility index (Phi) is 6.44. The highest BCUT2D eigenvalue weighted by Gasteiger charge is 2.55. The minimum atomic E-state index is -0.323. The monoisotopic (exact) mass is 413 g/mol. The number of rotatable bonds is 7. The van der Waals surface area contributed by atoms with Gasteiger partial charge in [0.2, 0.25) is 5.91 Å². The van der Waals surface area contributed by atoms with Gasteiger partial charge in [-0.2, -0.15) is 0 Å². The molecule has 1 amide bonds. The number of aliphatic hydroxyl groups is 1. The summed E-state index contributed by atoms with van der Waals surface area (Å²) in [5, 5.41) is 13.4. The van der Waals surface area contributed by atoms with Crippen molar-refractivity contribution >= 4 is 12.0 Å². The van der Waals surface area contributed by atoms with E-state index in [1.54, 1.807) is 0 Å². The maximum atomic E-state index is 13.2. The zero-order chi connectivity index (χ0) is 21.3. The van der Waals surface area contributed by atoms with Crippen molar-refractivity contribution in [2.75, 3.05) is 19.7 Å². The Bertz CT molecular complexity index is 856. The summed E-state index contributed by atoms with van der Waals surface area (Å²) < 4.78 is 1.88. The SMILES string of the molecule is C/C=C/c1ccc2n(c1=O)C[C@@H]1[C@@H](CO)[C@H](C(=O)NCCC)N(CC3CCCC3)[C@H]21. The second kappa shape index (κ2) is 9.06. The van der Waals surface area contributed by atoms with Gasteiger partial charge in [-0.3, -0.25) is 14.5 Å². The van der Waals surface area contributed by atoms with Gasteiger partial charge in [0.15, 0.2) is 0 Å². The molecule has 1 aromatic rings. The van der Waals surface area contributed by atoms with Gasteiger partial charge in [-0.05, 0) is 44.2 Å². The van der Waals surface area contributed by atoms with Gasteiger partial charge in [0.1, 0.15) is 0 Å². The number of pyridine rings is 1. The van der Waals surface area contributed by atoms with E-state index in [-0.39, 0.29) is 42.0 Å². The van der Waals surface area contributed by atoms with E-state index in [1.807, 2.05) is 29.7 Å². The minimum Gasteiger partial charge on any atom is -0.396 e. The summed E-state index contributed by atoms with van der Waals surface area (Å²) in [7, 11) is 0. The third-order valence-electron chi connectivity index (χ3n) is 7.33. The first kappa shape index (κ1) is 21.3. The summed E-state index contributed by atoms with van der Waals surface area (Å²) in [5.41, 5.74) is 1.73. The Labute approximate surface area is 179 Å². The summed E-state index contributed by atoms with van der Waals surface area (Å²) in [6.07, 6.45) is 9.55. The second-order valence-electron chi connectivity index (χ2n) is 9.17. The van der Waals surface area contributed by atoms with Gasteiger partial charge in [0.05, 0.1) is 12.1 Å². The summed E-state index contributed by atoms with van der Waals surface area (Å²) in [5.74, 6) is 0.551. The van der Waals surface area contributed by atoms with Crippen molar-refractivity contribution in [2.24, 2.45) is 17.8 Å². The summed E-state index contributed by atoms with van der Waals surface area (Å²) >= 11 is 0. The van der Waals surface area contributed by atoms with Gasteiger partial charge in [0.25, 0.3) is 5.56 Å². The van der Waals surface area contributed by atoms with Crippen molar-refractivity contribution in [3.05, 3.63) is 39.8 Å². The standard InChI is InChI=1S/C24H35N3O3/c1-3-7-17-10-11-20-21-18(14-26(20)24(17)30)19(15-28)22(23(29)25-12-4-2)27(21)13-16-8-5-6-9-16/h3,7,10-11,16,18-19,21-22,28H,4-6,8-9,12-15H2,1-2H3,(H,25,29)/b7-3+/t18-,19-,21+,22-/m1/s1. The third-order valence-corrected chi connectivity index (χ3v) is 7.33. The van der Waals surface area contributed by atoms with Crippen molar-refractivity contribution in [3.63, 3.8) is 0 Å². The number of amides is 1. The lowest BCUT2D eigenvalue weighted by atomic mass is 9.88. The van der Waals surface area contributed by atoms with Crippen LogP contribution in [0.1, 0.15) is 63.3 Å². The van der Waals surface area contributed by atoms with Crippen LogP contribution in [-0.4, -0.2) is 46.2 Å². The van der Waals surface area contributed by atoms with Crippen LogP contribution in [0.15, 0.2) is 23.0 Å². The van der Waals surface area contributed by atoms with Gasteiger partial charge < -0.3 is 15.0 Å². The summed E-state index contributed by atoms with van der Waals surface area (Å²) in [6, 6.07) is 3.66. The molecule has 1 saturated heterocycles. The van der Waals surface area contributed by atoms with Crippen LogP contribution in [0.2, 0.25) is 0 Å². The molecule has 3 aliphatic rings. The van der Waals surface area contributed by atoms with Crippen LogP contribution in [0.25, 0.3) is 6.08 Å². The molecule has 1 aliphatic carbocycles. The number of carbonyl (C=O) groups is 1. The molecule has 2 aliphatic heterocycles. The lowest BCUT2D eigenvalue weighted by Crippen LogP contribution is -2.49. The third kappa shape index (κ3) is 3.65. The van der Waals surface area contributed by atoms with Crippen molar-refractivity contribution in [3.8, 4) is 0 Å². The first-order chi connectivity index (χ1) is 14.6. The smallest absolute Gasteiger partial charge is 0.258 e. The Morgan fingerprint density at radius 2 is 2.07 bits per heavy atom. The van der Waals surface area contributed by atoms with Gasteiger partial charge in [0, 0.05) is 49.3 Å². The molecule has 0 spiro atoms. The summed E-state index contributed by atoms with van der Waals surface area (Å²) in [4.78, 5) is 28.5. The van der Waals surface area contributed by atoms with E-state index in [1.165, 1.54) is 25.7 Å². The van der Waals surface area contributed by atoms with E-state index in [2.05, 4.69) is 23.2 Å². The Morgan fingerprint density at radius 1 is 1.30 bits per heavy atom. The maximum absolute atomic E-state index is 13.2. The number of aromatic nitrogens is 1. The molecule has 6 heteroatoms. The number of hydrogen-bond donors (Lipinski definition) is 2. The molecule has 1 aromatic heterocycles. The van der Waals surface area contributed by atoms with E-state index in [9.17, 15) is 14.7 Å². The highest BCUT2D eigenvalue weighted by Crippen LogP contribution is 2.50. The van der Waals surface area contributed by atoms with Gasteiger partial charge >= 0.3 is 0 Å². The lowest BCUT2D eigenvalue weighted by Gasteiger charge is -2.32. The molecule has 2 N–H and O–H groups in total. The molecule has 4 atom stereocenters. The Morgan fingerprint density at radius 3 is 2.73 bits per heavy atom. The molecule has 3 heterocycles. The molecular weight excluding hydrogens is 378 g/mol. The van der Waals surface area contributed by atoms with Crippen LogP contribution < -0.4 is 10.9 Å². The van der Waals surface area contributed by atoms with Crippen LogP contribution in [0.5, 0.6) is 0 Å². The highest BCUT2D eigenvalue weighted by atomic mass is 16.3. The zero-order valence-corrected chi connectivity index (χ0v) is 18.2. The fourth-order valence-corrected chi connectivity index (χ4v) is 5.98. The second-order valence-corrected chi connectivity index (χ2v) is 9.17. The van der Waals surface area contributed by atoms with Crippen molar-refractivity contribution in [1.29, 1.82) is 0 Å². The maximum Gasteiger partial charge on any atom is 0.258 e. The number of hydrogen-bond acceptors (Lipinski definition) is 4. The molecule has 0 bridgehead atoms. The van der Waals surface area contributed by atoms with Crippen molar-refractivity contribution in [2.45, 2.75) is 64.6 Å². The van der Waals surface area contributed by atoms with Gasteiger partial charge in [-0.1, -0.05) is 31.9 Å². The molecule has 0 aromatic carbocycles. The van der Waals surface area contributed by atoms with Gasteiger partial charge in [-0.25, -0.2) is 0 Å². The number of likely N-dealkylation sites (tertiary alicyclic amines) is 1. The molecule has 2 fully saturated rings. The van der Waals surface area contributed by atoms with Crippen LogP contribution in [0, 0.1) is 17.8 Å². The molecule has 164 valence electrons. The van der Waals surface area contributed by atoms with E-state index < -0.39 is 0 Å².